The van der Waals surface area contributed by atoms with Crippen LogP contribution < -0.4 is 0 Å². The first-order valence-electron chi connectivity index (χ1n) is 8.17. The molecule has 112 valence electrons. The van der Waals surface area contributed by atoms with Gasteiger partial charge in [0.1, 0.15) is 0 Å². The first-order chi connectivity index (χ1) is 10.2. The summed E-state index contributed by atoms with van der Waals surface area (Å²) in [6, 6.07) is 7.08. The molecule has 4 rings (SSSR count). The number of fused-ring (bicyclic) bond motifs is 1. The molecule has 2 saturated heterocycles. The molecule has 0 N–H and O–H groups in total. The molecule has 4 nitrogen and oxygen atoms in total. The van der Waals surface area contributed by atoms with Gasteiger partial charge in [-0.05, 0) is 44.2 Å². The largest absolute Gasteiger partial charge is 0.338 e. The third-order valence-electron chi connectivity index (χ3n) is 5.19. The Kier molecular flexibility index (Phi) is 3.21. The smallest absolute Gasteiger partial charge is 0.224 e. The minimum Gasteiger partial charge on any atom is -0.338 e. The van der Waals surface area contributed by atoms with Gasteiger partial charge in [-0.15, -0.1) is 0 Å². The lowest BCUT2D eigenvalue weighted by Crippen LogP contribution is -2.38. The number of hydrogen-bond acceptors (Lipinski definition) is 3. The zero-order chi connectivity index (χ0) is 14.4. The van der Waals surface area contributed by atoms with E-state index >= 15 is 0 Å². The Morgan fingerprint density at radius 1 is 1.24 bits per heavy atom. The summed E-state index contributed by atoms with van der Waals surface area (Å²) in [5, 5.41) is 0. The second kappa shape index (κ2) is 5.09. The molecule has 1 amide bonds. The summed E-state index contributed by atoms with van der Waals surface area (Å²) < 4.78 is 0. The Bertz CT molecular complexity index is 555. The van der Waals surface area contributed by atoms with Crippen LogP contribution in [0.1, 0.15) is 37.1 Å². The van der Waals surface area contributed by atoms with E-state index in [0.29, 0.717) is 24.4 Å². The Labute approximate surface area is 126 Å². The van der Waals surface area contributed by atoms with E-state index in [4.69, 9.17) is 0 Å². The van der Waals surface area contributed by atoms with E-state index in [1.807, 2.05) is 13.0 Å². The third kappa shape index (κ3) is 2.57. The molecule has 4 heteroatoms. The summed E-state index contributed by atoms with van der Waals surface area (Å²) in [6.45, 7) is 5.02. The van der Waals surface area contributed by atoms with E-state index in [1.165, 1.54) is 12.8 Å². The second-order valence-electron chi connectivity index (χ2n) is 6.86. The van der Waals surface area contributed by atoms with Gasteiger partial charge < -0.3 is 4.90 Å². The highest BCUT2D eigenvalue weighted by Crippen LogP contribution is 2.37. The maximum Gasteiger partial charge on any atom is 0.224 e. The minimum atomic E-state index is 0.374. The highest BCUT2D eigenvalue weighted by atomic mass is 16.2. The summed E-state index contributed by atoms with van der Waals surface area (Å²) in [6.07, 6.45) is 4.48. The maximum atomic E-state index is 12.3. The maximum absolute atomic E-state index is 12.3. The lowest BCUT2D eigenvalue weighted by atomic mass is 10.1. The number of rotatable bonds is 4. The zero-order valence-electron chi connectivity index (χ0n) is 12.7. The van der Waals surface area contributed by atoms with Gasteiger partial charge in [0.2, 0.25) is 5.91 Å². The van der Waals surface area contributed by atoms with Crippen LogP contribution in [0.4, 0.5) is 0 Å². The molecular weight excluding hydrogens is 262 g/mol. The summed E-state index contributed by atoms with van der Waals surface area (Å²) in [5.74, 6) is 1.17. The number of nitrogens with zero attached hydrogens (tertiary/aromatic N) is 3. The monoisotopic (exact) mass is 285 g/mol. The van der Waals surface area contributed by atoms with Crippen molar-refractivity contribution in [3.63, 3.8) is 0 Å². The number of likely N-dealkylation sites (tertiary alicyclic amines) is 2. The fourth-order valence-corrected chi connectivity index (χ4v) is 3.92. The molecule has 1 aromatic heterocycles. The van der Waals surface area contributed by atoms with Gasteiger partial charge in [-0.25, -0.2) is 0 Å². The number of pyridine rings is 1. The van der Waals surface area contributed by atoms with Crippen molar-refractivity contribution in [1.29, 1.82) is 0 Å². The lowest BCUT2D eigenvalue weighted by Gasteiger charge is -2.25. The number of aromatic nitrogens is 1. The van der Waals surface area contributed by atoms with E-state index in [0.717, 1.165) is 43.4 Å². The minimum absolute atomic E-state index is 0.374. The first kappa shape index (κ1) is 13.3. The third-order valence-corrected chi connectivity index (χ3v) is 5.19. The fraction of sp³-hybridized carbons (Fsp3) is 0.647. The average molecular weight is 285 g/mol. The molecule has 1 aromatic rings. The standard InChI is InChI=1S/C17H23N3O/c1-12-3-2-4-14(18-12)11-19-8-7-15-16(19)9-17(21)20(15)10-13-5-6-13/h2-4,13,15-16H,5-11H2,1H3/t15-,16-/m1/s1. The summed E-state index contributed by atoms with van der Waals surface area (Å²) in [7, 11) is 0. The SMILES string of the molecule is Cc1cccc(CN2CC[C@@H]3[C@H]2CC(=O)N3CC2CC2)n1. The second-order valence-corrected chi connectivity index (χ2v) is 6.86. The fourth-order valence-electron chi connectivity index (χ4n) is 3.92. The van der Waals surface area contributed by atoms with Crippen LogP contribution in [-0.2, 0) is 11.3 Å². The van der Waals surface area contributed by atoms with Crippen LogP contribution >= 0.6 is 0 Å². The predicted molar refractivity (Wildman–Crippen MR) is 80.6 cm³/mol. The van der Waals surface area contributed by atoms with Crippen molar-refractivity contribution >= 4 is 5.91 Å². The van der Waals surface area contributed by atoms with Crippen LogP contribution in [0.3, 0.4) is 0 Å². The highest BCUT2D eigenvalue weighted by Gasteiger charge is 2.47. The number of carbonyl (C=O) groups is 1. The van der Waals surface area contributed by atoms with E-state index in [2.05, 4.69) is 26.9 Å². The molecule has 21 heavy (non-hydrogen) atoms. The molecule has 0 spiro atoms. The molecule has 0 radical (unpaired) electrons. The van der Waals surface area contributed by atoms with Crippen molar-refractivity contribution in [3.05, 3.63) is 29.6 Å². The number of hydrogen-bond donors (Lipinski definition) is 0. The number of amides is 1. The summed E-state index contributed by atoms with van der Waals surface area (Å²) in [5.41, 5.74) is 2.20. The normalized spacial score (nSPS) is 29.2. The van der Waals surface area contributed by atoms with Gasteiger partial charge in [-0.2, -0.15) is 0 Å². The van der Waals surface area contributed by atoms with Crippen molar-refractivity contribution in [1.82, 2.24) is 14.8 Å². The quantitative estimate of drug-likeness (QED) is 0.848. The molecule has 1 aliphatic carbocycles. The van der Waals surface area contributed by atoms with Gasteiger partial charge in [-0.3, -0.25) is 14.7 Å². The molecule has 1 saturated carbocycles. The first-order valence-corrected chi connectivity index (χ1v) is 8.17. The summed E-state index contributed by atoms with van der Waals surface area (Å²) >= 11 is 0. The van der Waals surface area contributed by atoms with Gasteiger partial charge in [-0.1, -0.05) is 6.07 Å². The molecule has 0 unspecified atom stereocenters. The number of aryl methyl sites for hydroxylation is 1. The van der Waals surface area contributed by atoms with E-state index in [9.17, 15) is 4.79 Å². The van der Waals surface area contributed by atoms with Crippen LogP contribution in [0.25, 0.3) is 0 Å². The molecular formula is C17H23N3O. The Morgan fingerprint density at radius 3 is 2.86 bits per heavy atom. The Balaban J connectivity index is 1.45. The van der Waals surface area contributed by atoms with Crippen molar-refractivity contribution in [2.45, 2.75) is 51.2 Å². The lowest BCUT2D eigenvalue weighted by molar-refractivity contribution is -0.129. The highest BCUT2D eigenvalue weighted by molar-refractivity contribution is 5.80. The van der Waals surface area contributed by atoms with E-state index in [-0.39, 0.29) is 0 Å². The van der Waals surface area contributed by atoms with Crippen molar-refractivity contribution in [2.24, 2.45) is 5.92 Å². The predicted octanol–water partition coefficient (Wildman–Crippen LogP) is 1.98. The van der Waals surface area contributed by atoms with Gasteiger partial charge in [0.05, 0.1) is 5.69 Å². The average Bonchev–Trinajstić information content (AvgIpc) is 3.12. The van der Waals surface area contributed by atoms with Crippen molar-refractivity contribution in [2.75, 3.05) is 13.1 Å². The molecule has 3 fully saturated rings. The molecule has 2 aliphatic heterocycles. The van der Waals surface area contributed by atoms with Crippen LogP contribution in [0.15, 0.2) is 18.2 Å². The van der Waals surface area contributed by atoms with E-state index < -0.39 is 0 Å². The van der Waals surface area contributed by atoms with Gasteiger partial charge in [0.25, 0.3) is 0 Å². The molecule has 3 aliphatic rings. The van der Waals surface area contributed by atoms with Crippen molar-refractivity contribution in [3.8, 4) is 0 Å². The van der Waals surface area contributed by atoms with Gasteiger partial charge in [0.15, 0.2) is 0 Å². The van der Waals surface area contributed by atoms with Crippen LogP contribution in [0.5, 0.6) is 0 Å². The van der Waals surface area contributed by atoms with Crippen LogP contribution in [-0.4, -0.2) is 45.9 Å². The van der Waals surface area contributed by atoms with Gasteiger partial charge >= 0.3 is 0 Å². The Hall–Kier alpha value is -1.42. The Morgan fingerprint density at radius 2 is 2.10 bits per heavy atom. The van der Waals surface area contributed by atoms with E-state index in [1.54, 1.807) is 0 Å². The number of carbonyl (C=O) groups excluding carboxylic acids is 1. The van der Waals surface area contributed by atoms with Crippen LogP contribution in [0, 0.1) is 12.8 Å². The summed E-state index contributed by atoms with van der Waals surface area (Å²) in [4.78, 5) is 21.5. The molecule has 3 heterocycles. The van der Waals surface area contributed by atoms with Crippen LogP contribution in [0.2, 0.25) is 0 Å². The molecule has 2 atom stereocenters. The zero-order valence-corrected chi connectivity index (χ0v) is 12.7. The molecule has 0 bridgehead atoms. The van der Waals surface area contributed by atoms with Crippen molar-refractivity contribution < 1.29 is 4.79 Å². The molecule has 0 aromatic carbocycles. The topological polar surface area (TPSA) is 36.4 Å². The van der Waals surface area contributed by atoms with Gasteiger partial charge in [0, 0.05) is 43.8 Å².